The summed E-state index contributed by atoms with van der Waals surface area (Å²) in [6, 6.07) is 5.52. The average molecular weight is 363 g/mol. The van der Waals surface area contributed by atoms with E-state index >= 15 is 0 Å². The molecule has 0 aromatic carbocycles. The van der Waals surface area contributed by atoms with Crippen molar-refractivity contribution in [2.24, 2.45) is 0 Å². The highest BCUT2D eigenvalue weighted by Gasteiger charge is 2.21. The second-order valence-corrected chi connectivity index (χ2v) is 6.75. The third-order valence-corrected chi connectivity index (χ3v) is 4.94. The largest absolute Gasteiger partial charge is 0.468 e. The molecule has 0 saturated carbocycles. The summed E-state index contributed by atoms with van der Waals surface area (Å²) in [5.41, 5.74) is 0.393. The van der Waals surface area contributed by atoms with Gasteiger partial charge in [-0.1, -0.05) is 0 Å². The Morgan fingerprint density at radius 2 is 2.00 bits per heavy atom. The van der Waals surface area contributed by atoms with Crippen LogP contribution in [0.3, 0.4) is 0 Å². The summed E-state index contributed by atoms with van der Waals surface area (Å²) in [4.78, 5) is 28.3. The fraction of sp³-hybridized carbons (Fsp3) is 0.412. The molecular weight excluding hydrogens is 342 g/mol. The fourth-order valence-corrected chi connectivity index (χ4v) is 3.57. The second kappa shape index (κ2) is 8.28. The van der Waals surface area contributed by atoms with Gasteiger partial charge in [0.15, 0.2) is 0 Å². The maximum absolute atomic E-state index is 12.3. The van der Waals surface area contributed by atoms with Crippen molar-refractivity contribution in [3.63, 3.8) is 0 Å². The predicted molar refractivity (Wildman–Crippen MR) is 94.7 cm³/mol. The molecule has 1 amide bonds. The van der Waals surface area contributed by atoms with Gasteiger partial charge in [-0.15, -0.1) is 11.3 Å². The minimum Gasteiger partial charge on any atom is -0.468 e. The molecule has 1 aliphatic heterocycles. The molecule has 1 aliphatic rings. The first kappa shape index (κ1) is 17.7. The van der Waals surface area contributed by atoms with E-state index in [1.807, 2.05) is 12.1 Å². The molecule has 25 heavy (non-hydrogen) atoms. The van der Waals surface area contributed by atoms with Gasteiger partial charge in [-0.25, -0.2) is 4.79 Å². The first-order valence-electron chi connectivity index (χ1n) is 8.08. The van der Waals surface area contributed by atoms with Gasteiger partial charge < -0.3 is 14.5 Å². The molecule has 3 rings (SSSR count). The van der Waals surface area contributed by atoms with E-state index in [0.717, 1.165) is 38.5 Å². The minimum absolute atomic E-state index is 0.118. The van der Waals surface area contributed by atoms with Crippen molar-refractivity contribution < 1.29 is 18.7 Å². The Morgan fingerprint density at radius 1 is 1.24 bits per heavy atom. The first-order valence-corrected chi connectivity index (χ1v) is 8.96. The molecule has 8 heteroatoms. The molecule has 7 nitrogen and oxygen atoms in total. The van der Waals surface area contributed by atoms with Gasteiger partial charge in [-0.3, -0.25) is 14.6 Å². The lowest BCUT2D eigenvalue weighted by atomic mass is 10.3. The van der Waals surface area contributed by atoms with Crippen molar-refractivity contribution >= 4 is 28.2 Å². The summed E-state index contributed by atoms with van der Waals surface area (Å²) in [7, 11) is 1.33. The predicted octanol–water partition coefficient (Wildman–Crippen LogP) is 1.88. The van der Waals surface area contributed by atoms with E-state index in [4.69, 9.17) is 9.15 Å². The van der Waals surface area contributed by atoms with Crippen LogP contribution in [0.4, 0.5) is 5.00 Å². The number of amides is 1. The van der Waals surface area contributed by atoms with Crippen molar-refractivity contribution in [3.05, 3.63) is 41.2 Å². The Morgan fingerprint density at radius 3 is 2.68 bits per heavy atom. The molecule has 0 bridgehead atoms. The van der Waals surface area contributed by atoms with E-state index in [2.05, 4.69) is 15.1 Å². The van der Waals surface area contributed by atoms with E-state index in [1.165, 1.54) is 18.4 Å². The molecule has 1 saturated heterocycles. The molecule has 2 aromatic heterocycles. The number of piperazine rings is 1. The Labute approximate surface area is 150 Å². The van der Waals surface area contributed by atoms with E-state index in [0.29, 0.717) is 17.1 Å². The zero-order valence-electron chi connectivity index (χ0n) is 14.1. The number of nitrogens with one attached hydrogen (secondary N) is 1. The Bertz CT molecular complexity index is 705. The molecular formula is C17H21N3O4S. The number of ether oxygens (including phenoxy) is 1. The number of carbonyl (C=O) groups is 2. The third-order valence-electron chi connectivity index (χ3n) is 4.12. The van der Waals surface area contributed by atoms with Gasteiger partial charge in [-0.05, 0) is 23.6 Å². The lowest BCUT2D eigenvalue weighted by molar-refractivity contribution is -0.117. The Hall–Kier alpha value is -2.16. The summed E-state index contributed by atoms with van der Waals surface area (Å²) < 4.78 is 10.1. The normalized spacial score (nSPS) is 15.9. The van der Waals surface area contributed by atoms with Crippen LogP contribution >= 0.6 is 11.3 Å². The number of nitrogens with zero attached hydrogens (tertiary/aromatic N) is 2. The Balaban J connectivity index is 1.45. The number of methoxy groups -OCH3 is 1. The quantitative estimate of drug-likeness (QED) is 0.790. The number of hydrogen-bond donors (Lipinski definition) is 1. The topological polar surface area (TPSA) is 75.0 Å². The molecule has 3 heterocycles. The van der Waals surface area contributed by atoms with E-state index in [1.54, 1.807) is 17.7 Å². The van der Waals surface area contributed by atoms with E-state index < -0.39 is 5.97 Å². The van der Waals surface area contributed by atoms with Crippen LogP contribution in [-0.2, 0) is 16.1 Å². The van der Waals surface area contributed by atoms with Crippen LogP contribution in [0.2, 0.25) is 0 Å². The van der Waals surface area contributed by atoms with Crippen LogP contribution in [0.1, 0.15) is 16.1 Å². The molecule has 2 aromatic rings. The van der Waals surface area contributed by atoms with Gasteiger partial charge in [-0.2, -0.15) is 0 Å². The lowest BCUT2D eigenvalue weighted by Crippen LogP contribution is -2.48. The number of anilines is 1. The zero-order chi connectivity index (χ0) is 17.6. The fourth-order valence-electron chi connectivity index (χ4n) is 2.77. The van der Waals surface area contributed by atoms with Crippen LogP contribution in [-0.4, -0.2) is 61.5 Å². The van der Waals surface area contributed by atoms with Crippen LogP contribution < -0.4 is 5.32 Å². The van der Waals surface area contributed by atoms with Gasteiger partial charge in [0.05, 0.1) is 32.0 Å². The number of furan rings is 1. The van der Waals surface area contributed by atoms with Gasteiger partial charge >= 0.3 is 5.97 Å². The summed E-state index contributed by atoms with van der Waals surface area (Å²) in [6.45, 7) is 4.53. The SMILES string of the molecule is COC(=O)c1ccsc1NC(=O)CN1CCN(Cc2ccco2)CC1. The number of esters is 1. The van der Waals surface area contributed by atoms with Crippen molar-refractivity contribution in [1.82, 2.24) is 9.80 Å². The van der Waals surface area contributed by atoms with Crippen molar-refractivity contribution in [2.75, 3.05) is 45.2 Å². The van der Waals surface area contributed by atoms with Crippen LogP contribution in [0, 0.1) is 0 Å². The summed E-state index contributed by atoms with van der Waals surface area (Å²) in [5.74, 6) is 0.398. The molecule has 0 unspecified atom stereocenters. The van der Waals surface area contributed by atoms with Gasteiger partial charge in [0.2, 0.25) is 5.91 Å². The maximum Gasteiger partial charge on any atom is 0.340 e. The highest BCUT2D eigenvalue weighted by molar-refractivity contribution is 7.14. The van der Waals surface area contributed by atoms with Crippen LogP contribution in [0.25, 0.3) is 0 Å². The smallest absolute Gasteiger partial charge is 0.340 e. The van der Waals surface area contributed by atoms with Gasteiger partial charge in [0, 0.05) is 26.2 Å². The number of thiophene rings is 1. The Kier molecular flexibility index (Phi) is 5.85. The summed E-state index contributed by atoms with van der Waals surface area (Å²) >= 11 is 1.32. The van der Waals surface area contributed by atoms with Crippen molar-refractivity contribution in [2.45, 2.75) is 6.54 Å². The minimum atomic E-state index is -0.442. The van der Waals surface area contributed by atoms with Crippen molar-refractivity contribution in [3.8, 4) is 0 Å². The zero-order valence-corrected chi connectivity index (χ0v) is 14.9. The lowest BCUT2D eigenvalue weighted by Gasteiger charge is -2.33. The average Bonchev–Trinajstić information content (AvgIpc) is 3.28. The molecule has 0 spiro atoms. The molecule has 0 atom stereocenters. The number of rotatable bonds is 6. The maximum atomic E-state index is 12.3. The second-order valence-electron chi connectivity index (χ2n) is 5.83. The molecule has 0 radical (unpaired) electrons. The first-order chi connectivity index (χ1) is 12.2. The molecule has 0 aliphatic carbocycles. The summed E-state index contributed by atoms with van der Waals surface area (Å²) in [5, 5.41) is 5.10. The number of hydrogen-bond acceptors (Lipinski definition) is 7. The van der Waals surface area contributed by atoms with Gasteiger partial charge in [0.25, 0.3) is 0 Å². The summed E-state index contributed by atoms with van der Waals surface area (Å²) in [6.07, 6.45) is 1.68. The van der Waals surface area contributed by atoms with Gasteiger partial charge in [0.1, 0.15) is 10.8 Å². The molecule has 1 N–H and O–H groups in total. The van der Waals surface area contributed by atoms with Crippen LogP contribution in [0.15, 0.2) is 34.3 Å². The molecule has 134 valence electrons. The third kappa shape index (κ3) is 4.68. The van der Waals surface area contributed by atoms with Crippen LogP contribution in [0.5, 0.6) is 0 Å². The van der Waals surface area contributed by atoms with Crippen molar-refractivity contribution in [1.29, 1.82) is 0 Å². The van der Waals surface area contributed by atoms with E-state index in [-0.39, 0.29) is 5.91 Å². The monoisotopic (exact) mass is 363 g/mol. The highest BCUT2D eigenvalue weighted by atomic mass is 32.1. The molecule has 1 fully saturated rings. The highest BCUT2D eigenvalue weighted by Crippen LogP contribution is 2.23. The standard InChI is InChI=1S/C17H21N3O4S/c1-23-17(22)14-4-10-25-16(14)18-15(21)12-20-7-5-19(6-8-20)11-13-3-2-9-24-13/h2-4,9-10H,5-8,11-12H2,1H3,(H,18,21). The number of carbonyl (C=O) groups excluding carboxylic acids is 2. The van der Waals surface area contributed by atoms with E-state index in [9.17, 15) is 9.59 Å².